The van der Waals surface area contributed by atoms with Gasteiger partial charge >= 0.3 is 0 Å². The van der Waals surface area contributed by atoms with Gasteiger partial charge in [-0.05, 0) is 44.9 Å². The maximum atomic E-state index is 12.6. The Kier molecular flexibility index (Phi) is 6.24. The third-order valence-electron chi connectivity index (χ3n) is 4.50. The lowest BCUT2D eigenvalue weighted by atomic mass is 9.97. The second-order valence-electron chi connectivity index (χ2n) is 6.02. The van der Waals surface area contributed by atoms with E-state index in [1.54, 1.807) is 25.3 Å². The second-order valence-corrected chi connectivity index (χ2v) is 6.02. The van der Waals surface area contributed by atoms with Crippen molar-refractivity contribution in [3.05, 3.63) is 18.2 Å². The minimum absolute atomic E-state index is 0.0714. The normalized spacial score (nSPS) is 20.0. The number of aliphatic hydroxyl groups is 1. The first kappa shape index (κ1) is 17.6. The zero-order valence-electron chi connectivity index (χ0n) is 13.9. The van der Waals surface area contributed by atoms with Gasteiger partial charge in [0.25, 0.3) is 0 Å². The second kappa shape index (κ2) is 8.17. The highest BCUT2D eigenvalue weighted by atomic mass is 16.5. The van der Waals surface area contributed by atoms with Crippen LogP contribution in [-0.2, 0) is 4.79 Å². The lowest BCUT2D eigenvalue weighted by Crippen LogP contribution is -2.50. The number of methoxy groups -OCH3 is 1. The Morgan fingerprint density at radius 3 is 3.00 bits per heavy atom. The summed E-state index contributed by atoms with van der Waals surface area (Å²) in [6.07, 6.45) is 3.98. The molecule has 6 nitrogen and oxygen atoms in total. The Bertz CT molecular complexity index is 534. The van der Waals surface area contributed by atoms with E-state index >= 15 is 0 Å². The molecule has 1 fully saturated rings. The summed E-state index contributed by atoms with van der Waals surface area (Å²) < 4.78 is 5.27. The molecule has 2 atom stereocenters. The summed E-state index contributed by atoms with van der Waals surface area (Å²) in [6.45, 7) is 2.95. The van der Waals surface area contributed by atoms with Crippen LogP contribution in [0.4, 0.5) is 11.4 Å². The predicted molar refractivity (Wildman–Crippen MR) is 91.5 cm³/mol. The summed E-state index contributed by atoms with van der Waals surface area (Å²) in [7, 11) is 1.55. The van der Waals surface area contributed by atoms with Crippen molar-refractivity contribution >= 4 is 17.3 Å². The maximum absolute atomic E-state index is 12.6. The molecule has 4 N–H and O–H groups in total. The fourth-order valence-electron chi connectivity index (χ4n) is 3.19. The van der Waals surface area contributed by atoms with Crippen molar-refractivity contribution in [1.29, 1.82) is 0 Å². The molecule has 1 aromatic carbocycles. The lowest BCUT2D eigenvalue weighted by Gasteiger charge is -2.39. The van der Waals surface area contributed by atoms with Gasteiger partial charge in [0.2, 0.25) is 5.91 Å². The number of benzene rings is 1. The SMILES string of the molecule is COc1cc(N)ccc1NC(=O)C(C)N1CCCCC1CCO. The summed E-state index contributed by atoms with van der Waals surface area (Å²) >= 11 is 0. The summed E-state index contributed by atoms with van der Waals surface area (Å²) in [5.74, 6) is 0.481. The average Bonchev–Trinajstić information content (AvgIpc) is 2.56. The number of hydrogen-bond acceptors (Lipinski definition) is 5. The van der Waals surface area contributed by atoms with E-state index in [-0.39, 0.29) is 24.6 Å². The molecule has 0 saturated carbocycles. The number of carbonyl (C=O) groups excluding carboxylic acids is 1. The zero-order valence-corrected chi connectivity index (χ0v) is 13.9. The van der Waals surface area contributed by atoms with Gasteiger partial charge in [-0.25, -0.2) is 0 Å². The van der Waals surface area contributed by atoms with E-state index in [1.165, 1.54) is 0 Å². The van der Waals surface area contributed by atoms with Gasteiger partial charge in [0.15, 0.2) is 0 Å². The van der Waals surface area contributed by atoms with Gasteiger partial charge in [0, 0.05) is 24.4 Å². The lowest BCUT2D eigenvalue weighted by molar-refractivity contribution is -0.122. The fourth-order valence-corrected chi connectivity index (χ4v) is 3.19. The fraction of sp³-hybridized carbons (Fsp3) is 0.588. The summed E-state index contributed by atoms with van der Waals surface area (Å²) in [5, 5.41) is 12.2. The first-order chi connectivity index (χ1) is 11.1. The number of likely N-dealkylation sites (tertiary alicyclic amines) is 1. The molecule has 0 aliphatic carbocycles. The molecule has 1 heterocycles. The van der Waals surface area contributed by atoms with E-state index in [0.717, 1.165) is 25.8 Å². The van der Waals surface area contributed by atoms with Gasteiger partial charge in [-0.3, -0.25) is 9.69 Å². The van der Waals surface area contributed by atoms with E-state index in [2.05, 4.69) is 10.2 Å². The number of rotatable bonds is 6. The van der Waals surface area contributed by atoms with Crippen LogP contribution in [0.25, 0.3) is 0 Å². The molecule has 1 aliphatic rings. The van der Waals surface area contributed by atoms with Gasteiger partial charge in [-0.15, -0.1) is 0 Å². The molecule has 0 aromatic heterocycles. The predicted octanol–water partition coefficient (Wildman–Crippen LogP) is 1.84. The molecule has 0 spiro atoms. The standard InChI is InChI=1S/C17H27N3O3/c1-12(20-9-4-3-5-14(20)8-10-21)17(22)19-15-7-6-13(18)11-16(15)23-2/h6-7,11-12,14,21H,3-5,8-10,18H2,1-2H3,(H,19,22). The van der Waals surface area contributed by atoms with E-state index < -0.39 is 0 Å². The van der Waals surface area contributed by atoms with Gasteiger partial charge < -0.3 is 20.9 Å². The minimum Gasteiger partial charge on any atom is -0.494 e. The van der Waals surface area contributed by atoms with E-state index in [9.17, 15) is 9.90 Å². The molecular weight excluding hydrogens is 294 g/mol. The Morgan fingerprint density at radius 2 is 2.30 bits per heavy atom. The number of anilines is 2. The van der Waals surface area contributed by atoms with Crippen molar-refractivity contribution in [3.8, 4) is 5.75 Å². The average molecular weight is 321 g/mol. The van der Waals surface area contributed by atoms with E-state index in [1.807, 2.05) is 6.92 Å². The van der Waals surface area contributed by atoms with Crippen LogP contribution >= 0.6 is 0 Å². The summed E-state index contributed by atoms with van der Waals surface area (Å²) in [6, 6.07) is 5.19. The minimum atomic E-state index is -0.255. The number of nitrogens with two attached hydrogens (primary N) is 1. The van der Waals surface area contributed by atoms with Crippen LogP contribution < -0.4 is 15.8 Å². The maximum Gasteiger partial charge on any atom is 0.241 e. The molecule has 1 aromatic rings. The number of ether oxygens (including phenoxy) is 1. The molecule has 1 aliphatic heterocycles. The van der Waals surface area contributed by atoms with Gasteiger partial charge in [0.05, 0.1) is 18.8 Å². The molecule has 0 radical (unpaired) electrons. The largest absolute Gasteiger partial charge is 0.494 e. The smallest absolute Gasteiger partial charge is 0.241 e. The highest BCUT2D eigenvalue weighted by Crippen LogP contribution is 2.28. The van der Waals surface area contributed by atoms with Gasteiger partial charge in [-0.1, -0.05) is 6.42 Å². The number of aliphatic hydroxyl groups excluding tert-OH is 1. The van der Waals surface area contributed by atoms with Crippen molar-refractivity contribution in [2.75, 3.05) is 31.3 Å². The Morgan fingerprint density at radius 1 is 1.52 bits per heavy atom. The molecule has 6 heteroatoms. The summed E-state index contributed by atoms with van der Waals surface area (Å²) in [5.41, 5.74) is 6.95. The van der Waals surface area contributed by atoms with Crippen molar-refractivity contribution in [1.82, 2.24) is 4.90 Å². The van der Waals surface area contributed by atoms with E-state index in [4.69, 9.17) is 10.5 Å². The third kappa shape index (κ3) is 4.36. The monoisotopic (exact) mass is 321 g/mol. The van der Waals surface area contributed by atoms with Crippen LogP contribution in [0.2, 0.25) is 0 Å². The first-order valence-electron chi connectivity index (χ1n) is 8.17. The van der Waals surface area contributed by atoms with Crippen LogP contribution in [0, 0.1) is 0 Å². The Labute approximate surface area is 137 Å². The molecule has 2 unspecified atom stereocenters. The van der Waals surface area contributed by atoms with Crippen LogP contribution in [0.3, 0.4) is 0 Å². The molecule has 2 rings (SSSR count). The van der Waals surface area contributed by atoms with E-state index in [0.29, 0.717) is 23.5 Å². The topological polar surface area (TPSA) is 87.8 Å². The number of amides is 1. The molecule has 0 bridgehead atoms. The first-order valence-corrected chi connectivity index (χ1v) is 8.17. The van der Waals surface area contributed by atoms with Crippen molar-refractivity contribution in [3.63, 3.8) is 0 Å². The van der Waals surface area contributed by atoms with Crippen molar-refractivity contribution in [2.45, 2.75) is 44.7 Å². The number of nitrogens with zero attached hydrogens (tertiary/aromatic N) is 1. The Hall–Kier alpha value is -1.79. The highest BCUT2D eigenvalue weighted by molar-refractivity contribution is 5.96. The molecule has 1 amide bonds. The number of nitrogen functional groups attached to an aromatic ring is 1. The molecule has 128 valence electrons. The van der Waals surface area contributed by atoms with Crippen LogP contribution in [0.1, 0.15) is 32.6 Å². The molecule has 23 heavy (non-hydrogen) atoms. The number of carbonyl (C=O) groups is 1. The van der Waals surface area contributed by atoms with Crippen LogP contribution in [-0.4, -0.2) is 48.3 Å². The molecular formula is C17H27N3O3. The van der Waals surface area contributed by atoms with Gasteiger partial charge in [-0.2, -0.15) is 0 Å². The summed E-state index contributed by atoms with van der Waals surface area (Å²) in [4.78, 5) is 14.8. The highest BCUT2D eigenvalue weighted by Gasteiger charge is 2.30. The van der Waals surface area contributed by atoms with Crippen molar-refractivity contribution < 1.29 is 14.6 Å². The van der Waals surface area contributed by atoms with Gasteiger partial charge in [0.1, 0.15) is 5.75 Å². The van der Waals surface area contributed by atoms with Crippen LogP contribution in [0.15, 0.2) is 18.2 Å². The quantitative estimate of drug-likeness (QED) is 0.696. The third-order valence-corrected chi connectivity index (χ3v) is 4.50. The van der Waals surface area contributed by atoms with Crippen LogP contribution in [0.5, 0.6) is 5.75 Å². The zero-order chi connectivity index (χ0) is 16.8. The number of hydrogen-bond donors (Lipinski definition) is 3. The molecule has 1 saturated heterocycles. The van der Waals surface area contributed by atoms with Crippen molar-refractivity contribution in [2.24, 2.45) is 0 Å². The number of nitrogens with one attached hydrogen (secondary N) is 1. The number of piperidine rings is 1. The Balaban J connectivity index is 2.07.